The number of carbonyl (C=O) groups is 1. The summed E-state index contributed by atoms with van der Waals surface area (Å²) >= 11 is 0. The Bertz CT molecular complexity index is 1410. The molecular formula is C28H27N5O. The van der Waals surface area contributed by atoms with E-state index in [9.17, 15) is 10.1 Å². The number of fused-ring (bicyclic) bond motifs is 1. The molecule has 4 aromatic rings. The smallest absolute Gasteiger partial charge is 0.254 e. The molecule has 1 saturated heterocycles. The van der Waals surface area contributed by atoms with Crippen molar-refractivity contribution in [3.05, 3.63) is 94.9 Å². The van der Waals surface area contributed by atoms with Crippen LogP contribution in [0.2, 0.25) is 0 Å². The summed E-state index contributed by atoms with van der Waals surface area (Å²) in [7, 11) is 0. The van der Waals surface area contributed by atoms with Crippen LogP contribution in [0.4, 0.5) is 0 Å². The molecule has 2 aromatic heterocycles. The van der Waals surface area contributed by atoms with Crippen LogP contribution < -0.4 is 0 Å². The van der Waals surface area contributed by atoms with E-state index >= 15 is 0 Å². The molecule has 0 radical (unpaired) electrons. The van der Waals surface area contributed by atoms with Crippen molar-refractivity contribution in [3.63, 3.8) is 0 Å². The number of hydrogen-bond acceptors (Lipinski definition) is 4. The van der Waals surface area contributed by atoms with E-state index in [-0.39, 0.29) is 5.91 Å². The predicted molar refractivity (Wildman–Crippen MR) is 132 cm³/mol. The summed E-state index contributed by atoms with van der Waals surface area (Å²) in [5, 5.41) is 9.53. The fourth-order valence-electron chi connectivity index (χ4n) is 4.72. The van der Waals surface area contributed by atoms with Gasteiger partial charge in [-0.2, -0.15) is 5.26 Å². The Balaban J connectivity index is 1.32. The molecule has 0 N–H and O–H groups in total. The standard InChI is InChI=1S/C28H27N5O/c1-20-11-12-33-26(21(2)30-27(33)17-20)19-31-13-15-32(16-14-31)28(34)25-10-6-5-9-24(25)23-8-4-3-7-22(23)18-29/h3-12,17H,13-16,19H2,1-2H3. The second-order valence-corrected chi connectivity index (χ2v) is 8.85. The topological polar surface area (TPSA) is 64.6 Å². The molecule has 0 unspecified atom stereocenters. The molecule has 0 spiro atoms. The number of amides is 1. The van der Waals surface area contributed by atoms with Crippen LogP contribution in [0.5, 0.6) is 0 Å². The summed E-state index contributed by atoms with van der Waals surface area (Å²) in [4.78, 5) is 22.5. The Morgan fingerprint density at radius 1 is 0.971 bits per heavy atom. The van der Waals surface area contributed by atoms with Crippen molar-refractivity contribution < 1.29 is 4.79 Å². The molecule has 5 rings (SSSR count). The quantitative estimate of drug-likeness (QED) is 0.462. The molecule has 0 saturated carbocycles. The zero-order chi connectivity index (χ0) is 23.7. The number of piperazine rings is 1. The molecule has 0 bridgehead atoms. The molecule has 2 aromatic carbocycles. The maximum absolute atomic E-state index is 13.5. The second-order valence-electron chi connectivity index (χ2n) is 8.85. The first-order chi connectivity index (χ1) is 16.5. The summed E-state index contributed by atoms with van der Waals surface area (Å²) in [5.41, 5.74) is 7.26. The van der Waals surface area contributed by atoms with Crippen LogP contribution in [0.15, 0.2) is 66.9 Å². The second kappa shape index (κ2) is 9.12. The van der Waals surface area contributed by atoms with Gasteiger partial charge in [-0.3, -0.25) is 9.69 Å². The molecule has 0 atom stereocenters. The molecule has 1 amide bonds. The van der Waals surface area contributed by atoms with Crippen molar-refractivity contribution in [2.45, 2.75) is 20.4 Å². The minimum absolute atomic E-state index is 0.0180. The minimum Gasteiger partial charge on any atom is -0.336 e. The van der Waals surface area contributed by atoms with Crippen molar-refractivity contribution in [3.8, 4) is 17.2 Å². The maximum atomic E-state index is 13.5. The fraction of sp³-hybridized carbons (Fsp3) is 0.250. The van der Waals surface area contributed by atoms with E-state index in [4.69, 9.17) is 4.98 Å². The van der Waals surface area contributed by atoms with Crippen LogP contribution in [0.25, 0.3) is 16.8 Å². The monoisotopic (exact) mass is 449 g/mol. The lowest BCUT2D eigenvalue weighted by Gasteiger charge is -2.35. The van der Waals surface area contributed by atoms with Gasteiger partial charge in [-0.15, -0.1) is 0 Å². The van der Waals surface area contributed by atoms with E-state index in [1.165, 1.54) is 11.3 Å². The zero-order valence-corrected chi connectivity index (χ0v) is 19.5. The summed E-state index contributed by atoms with van der Waals surface area (Å²) < 4.78 is 2.17. The molecule has 170 valence electrons. The van der Waals surface area contributed by atoms with Gasteiger partial charge in [0, 0.05) is 50.0 Å². The normalized spacial score (nSPS) is 14.3. The fourth-order valence-corrected chi connectivity index (χ4v) is 4.72. The Morgan fingerprint density at radius 3 is 2.44 bits per heavy atom. The molecule has 0 aliphatic carbocycles. The highest BCUT2D eigenvalue weighted by molar-refractivity contribution is 6.01. The van der Waals surface area contributed by atoms with Crippen LogP contribution >= 0.6 is 0 Å². The van der Waals surface area contributed by atoms with Crippen molar-refractivity contribution in [1.82, 2.24) is 19.2 Å². The average molecular weight is 450 g/mol. The first-order valence-corrected chi connectivity index (χ1v) is 11.6. The number of aryl methyl sites for hydroxylation is 2. The Labute approximate surface area is 199 Å². The largest absolute Gasteiger partial charge is 0.336 e. The lowest BCUT2D eigenvalue weighted by Crippen LogP contribution is -2.48. The molecule has 1 aliphatic heterocycles. The van der Waals surface area contributed by atoms with Crippen LogP contribution in [-0.4, -0.2) is 51.3 Å². The predicted octanol–water partition coefficient (Wildman–Crippen LogP) is 4.45. The van der Waals surface area contributed by atoms with Crippen molar-refractivity contribution in [2.75, 3.05) is 26.2 Å². The molecule has 6 nitrogen and oxygen atoms in total. The van der Waals surface area contributed by atoms with Gasteiger partial charge in [0.25, 0.3) is 5.91 Å². The molecule has 1 aliphatic rings. The third kappa shape index (κ3) is 4.07. The number of pyridine rings is 1. The summed E-state index contributed by atoms with van der Waals surface area (Å²) in [6.07, 6.45) is 2.09. The lowest BCUT2D eigenvalue weighted by atomic mass is 9.95. The molecule has 1 fully saturated rings. The number of imidazole rings is 1. The van der Waals surface area contributed by atoms with Gasteiger partial charge < -0.3 is 9.30 Å². The minimum atomic E-state index is 0.0180. The van der Waals surface area contributed by atoms with Gasteiger partial charge in [-0.1, -0.05) is 36.4 Å². The van der Waals surface area contributed by atoms with Gasteiger partial charge in [-0.05, 0) is 49.2 Å². The SMILES string of the molecule is Cc1ccn2c(CN3CCN(C(=O)c4ccccc4-c4ccccc4C#N)CC3)c(C)nc2c1. The van der Waals surface area contributed by atoms with E-state index in [1.54, 1.807) is 6.07 Å². The Morgan fingerprint density at radius 2 is 1.68 bits per heavy atom. The number of hydrogen-bond donors (Lipinski definition) is 0. The van der Waals surface area contributed by atoms with E-state index < -0.39 is 0 Å². The Hall–Kier alpha value is -3.95. The third-order valence-electron chi connectivity index (χ3n) is 6.61. The zero-order valence-electron chi connectivity index (χ0n) is 19.5. The average Bonchev–Trinajstić information content (AvgIpc) is 3.17. The highest BCUT2D eigenvalue weighted by Crippen LogP contribution is 2.28. The number of nitrogens with zero attached hydrogens (tertiary/aromatic N) is 5. The first-order valence-electron chi connectivity index (χ1n) is 11.6. The molecule has 6 heteroatoms. The molecule has 3 heterocycles. The van der Waals surface area contributed by atoms with Crippen molar-refractivity contribution in [1.29, 1.82) is 5.26 Å². The van der Waals surface area contributed by atoms with Crippen LogP contribution in [0.3, 0.4) is 0 Å². The summed E-state index contributed by atoms with van der Waals surface area (Å²) in [6.45, 7) is 7.90. The van der Waals surface area contributed by atoms with E-state index in [2.05, 4.69) is 47.5 Å². The third-order valence-corrected chi connectivity index (χ3v) is 6.61. The number of nitriles is 1. The first kappa shape index (κ1) is 21.9. The Kier molecular flexibility index (Phi) is 5.87. The van der Waals surface area contributed by atoms with Crippen molar-refractivity contribution >= 4 is 11.6 Å². The number of aromatic nitrogens is 2. The van der Waals surface area contributed by atoms with Crippen LogP contribution in [0, 0.1) is 25.2 Å². The highest BCUT2D eigenvalue weighted by Gasteiger charge is 2.25. The van der Waals surface area contributed by atoms with Gasteiger partial charge in [0.1, 0.15) is 5.65 Å². The van der Waals surface area contributed by atoms with Gasteiger partial charge >= 0.3 is 0 Å². The number of rotatable bonds is 4. The van der Waals surface area contributed by atoms with E-state index in [0.717, 1.165) is 42.1 Å². The summed E-state index contributed by atoms with van der Waals surface area (Å²) in [6, 6.07) is 21.5. The van der Waals surface area contributed by atoms with Gasteiger partial charge in [0.2, 0.25) is 0 Å². The van der Waals surface area contributed by atoms with Gasteiger partial charge in [-0.25, -0.2) is 4.98 Å². The highest BCUT2D eigenvalue weighted by atomic mass is 16.2. The van der Waals surface area contributed by atoms with Crippen molar-refractivity contribution in [2.24, 2.45) is 0 Å². The number of carbonyl (C=O) groups excluding carboxylic acids is 1. The maximum Gasteiger partial charge on any atom is 0.254 e. The van der Waals surface area contributed by atoms with Crippen LogP contribution in [0.1, 0.15) is 32.9 Å². The molecular weight excluding hydrogens is 422 g/mol. The number of benzene rings is 2. The lowest BCUT2D eigenvalue weighted by molar-refractivity contribution is 0.0627. The van der Waals surface area contributed by atoms with E-state index in [0.29, 0.717) is 24.2 Å². The summed E-state index contributed by atoms with van der Waals surface area (Å²) in [5.74, 6) is 0.0180. The van der Waals surface area contributed by atoms with E-state index in [1.807, 2.05) is 47.4 Å². The van der Waals surface area contributed by atoms with Gasteiger partial charge in [0.05, 0.1) is 23.0 Å². The molecule has 34 heavy (non-hydrogen) atoms. The van der Waals surface area contributed by atoms with Gasteiger partial charge in [0.15, 0.2) is 0 Å². The van der Waals surface area contributed by atoms with Crippen LogP contribution in [-0.2, 0) is 6.54 Å².